The number of esters is 1. The standard InChI is InChI=1S/C22H22N2O3S/c1-14(2)17-11-7-8-15(3)20(17)24-19(25)12-27-22(26)18-13-28-21(23-18)16-9-5-4-6-10-16/h4-11,13-14H,12H2,1-3H3,(H,24,25). The number of hydrogen-bond acceptors (Lipinski definition) is 5. The van der Waals surface area contributed by atoms with Crippen LogP contribution in [0.5, 0.6) is 0 Å². The van der Waals surface area contributed by atoms with E-state index in [4.69, 9.17) is 4.74 Å². The highest BCUT2D eigenvalue weighted by atomic mass is 32.1. The van der Waals surface area contributed by atoms with Crippen molar-refractivity contribution in [1.29, 1.82) is 0 Å². The van der Waals surface area contributed by atoms with Crippen LogP contribution in [-0.2, 0) is 9.53 Å². The third-order valence-electron chi connectivity index (χ3n) is 4.26. The second-order valence-electron chi connectivity index (χ2n) is 6.72. The predicted octanol–water partition coefficient (Wildman–Crippen LogP) is 5.04. The van der Waals surface area contributed by atoms with Crippen molar-refractivity contribution in [2.75, 3.05) is 11.9 Å². The number of anilines is 1. The molecule has 0 unspecified atom stereocenters. The molecule has 3 aromatic rings. The van der Waals surface area contributed by atoms with Crippen LogP contribution in [-0.4, -0.2) is 23.5 Å². The Hall–Kier alpha value is -2.99. The van der Waals surface area contributed by atoms with E-state index in [1.807, 2.05) is 55.5 Å². The molecule has 28 heavy (non-hydrogen) atoms. The molecule has 144 valence electrons. The number of rotatable bonds is 6. The second kappa shape index (κ2) is 8.80. The molecule has 0 atom stereocenters. The van der Waals surface area contributed by atoms with E-state index in [0.717, 1.165) is 27.4 Å². The largest absolute Gasteiger partial charge is 0.451 e. The lowest BCUT2D eigenvalue weighted by Crippen LogP contribution is -2.22. The summed E-state index contributed by atoms with van der Waals surface area (Å²) in [4.78, 5) is 28.8. The minimum absolute atomic E-state index is 0.204. The highest BCUT2D eigenvalue weighted by Crippen LogP contribution is 2.27. The SMILES string of the molecule is Cc1cccc(C(C)C)c1NC(=O)COC(=O)c1csc(-c2ccccc2)n1. The fourth-order valence-corrected chi connectivity index (χ4v) is 3.60. The van der Waals surface area contributed by atoms with Gasteiger partial charge in [0.2, 0.25) is 0 Å². The van der Waals surface area contributed by atoms with Crippen molar-refractivity contribution >= 4 is 28.9 Å². The molecular formula is C22H22N2O3S. The molecule has 2 aromatic carbocycles. The van der Waals surface area contributed by atoms with Crippen molar-refractivity contribution in [1.82, 2.24) is 4.98 Å². The molecule has 5 nitrogen and oxygen atoms in total. The van der Waals surface area contributed by atoms with Crippen molar-refractivity contribution in [2.24, 2.45) is 0 Å². The van der Waals surface area contributed by atoms with Crippen molar-refractivity contribution in [3.8, 4) is 10.6 Å². The maximum Gasteiger partial charge on any atom is 0.358 e. The number of ether oxygens (including phenoxy) is 1. The van der Waals surface area contributed by atoms with E-state index in [-0.39, 0.29) is 24.1 Å². The Morgan fingerprint density at radius 3 is 2.57 bits per heavy atom. The summed E-state index contributed by atoms with van der Waals surface area (Å²) in [6.45, 7) is 5.71. The highest BCUT2D eigenvalue weighted by molar-refractivity contribution is 7.13. The Morgan fingerprint density at radius 2 is 1.86 bits per heavy atom. The minimum atomic E-state index is -0.609. The van der Waals surface area contributed by atoms with Crippen molar-refractivity contribution in [3.05, 3.63) is 70.7 Å². The van der Waals surface area contributed by atoms with Gasteiger partial charge in [0.25, 0.3) is 5.91 Å². The van der Waals surface area contributed by atoms with Gasteiger partial charge in [0.05, 0.1) is 0 Å². The molecule has 1 amide bonds. The number of amides is 1. The number of nitrogens with one attached hydrogen (secondary N) is 1. The molecular weight excluding hydrogens is 372 g/mol. The number of aromatic nitrogens is 1. The Balaban J connectivity index is 1.61. The second-order valence-corrected chi connectivity index (χ2v) is 7.58. The van der Waals surface area contributed by atoms with E-state index < -0.39 is 5.97 Å². The number of nitrogens with zero attached hydrogens (tertiary/aromatic N) is 1. The van der Waals surface area contributed by atoms with Gasteiger partial charge in [0.1, 0.15) is 5.01 Å². The molecule has 0 bridgehead atoms. The van der Waals surface area contributed by atoms with Crippen molar-refractivity contribution in [2.45, 2.75) is 26.7 Å². The van der Waals surface area contributed by atoms with Crippen LogP contribution in [0.2, 0.25) is 0 Å². The first-order chi connectivity index (χ1) is 13.5. The fraction of sp³-hybridized carbons (Fsp3) is 0.227. The smallest absolute Gasteiger partial charge is 0.358 e. The molecule has 0 aliphatic rings. The summed E-state index contributed by atoms with van der Waals surface area (Å²) in [7, 11) is 0. The first kappa shape index (κ1) is 19.8. The fourth-order valence-electron chi connectivity index (χ4n) is 2.80. The molecule has 3 rings (SSSR count). The average molecular weight is 394 g/mol. The van der Waals surface area contributed by atoms with E-state index >= 15 is 0 Å². The normalized spacial score (nSPS) is 10.7. The first-order valence-electron chi connectivity index (χ1n) is 9.03. The lowest BCUT2D eigenvalue weighted by molar-refractivity contribution is -0.119. The summed E-state index contributed by atoms with van der Waals surface area (Å²) in [5.74, 6) is -0.713. The zero-order valence-electron chi connectivity index (χ0n) is 16.1. The van der Waals surface area contributed by atoms with E-state index in [1.54, 1.807) is 5.38 Å². The van der Waals surface area contributed by atoms with Crippen LogP contribution >= 0.6 is 11.3 Å². The zero-order valence-corrected chi connectivity index (χ0v) is 16.9. The Bertz CT molecular complexity index is 980. The molecule has 1 aromatic heterocycles. The number of hydrogen-bond donors (Lipinski definition) is 1. The minimum Gasteiger partial charge on any atom is -0.451 e. The summed E-state index contributed by atoms with van der Waals surface area (Å²) in [5, 5.41) is 5.24. The lowest BCUT2D eigenvalue weighted by atomic mass is 9.98. The van der Waals surface area contributed by atoms with Crippen LogP contribution in [0.3, 0.4) is 0 Å². The number of carbonyl (C=O) groups is 2. The summed E-state index contributed by atoms with van der Waals surface area (Å²) >= 11 is 1.36. The van der Waals surface area contributed by atoms with Gasteiger partial charge in [-0.1, -0.05) is 62.4 Å². The van der Waals surface area contributed by atoms with Gasteiger partial charge in [-0.3, -0.25) is 4.79 Å². The van der Waals surface area contributed by atoms with Gasteiger partial charge >= 0.3 is 5.97 Å². The van der Waals surface area contributed by atoms with Gasteiger partial charge in [-0.25, -0.2) is 9.78 Å². The van der Waals surface area contributed by atoms with Crippen molar-refractivity contribution in [3.63, 3.8) is 0 Å². The molecule has 1 heterocycles. The van der Waals surface area contributed by atoms with Crippen LogP contribution in [0.4, 0.5) is 5.69 Å². The third-order valence-corrected chi connectivity index (χ3v) is 5.15. The van der Waals surface area contributed by atoms with Crippen LogP contribution in [0.1, 0.15) is 41.4 Å². The van der Waals surface area contributed by atoms with Crippen LogP contribution in [0.25, 0.3) is 10.6 Å². The Morgan fingerprint density at radius 1 is 1.11 bits per heavy atom. The molecule has 0 aliphatic heterocycles. The molecule has 0 aliphatic carbocycles. The third kappa shape index (κ3) is 4.64. The van der Waals surface area contributed by atoms with E-state index in [9.17, 15) is 9.59 Å². The van der Waals surface area contributed by atoms with E-state index in [0.29, 0.717) is 0 Å². The van der Waals surface area contributed by atoms with Gasteiger partial charge in [0, 0.05) is 16.6 Å². The van der Waals surface area contributed by atoms with Crippen LogP contribution in [0, 0.1) is 6.92 Å². The van der Waals surface area contributed by atoms with Crippen molar-refractivity contribution < 1.29 is 14.3 Å². The summed E-state index contributed by atoms with van der Waals surface area (Å²) in [6, 6.07) is 15.5. The molecule has 0 spiro atoms. The number of benzene rings is 2. The monoisotopic (exact) mass is 394 g/mol. The summed E-state index contributed by atoms with van der Waals surface area (Å²) in [6.07, 6.45) is 0. The number of thiazole rings is 1. The predicted molar refractivity (Wildman–Crippen MR) is 112 cm³/mol. The van der Waals surface area contributed by atoms with E-state index in [2.05, 4.69) is 24.1 Å². The number of aryl methyl sites for hydroxylation is 1. The quantitative estimate of drug-likeness (QED) is 0.595. The maximum atomic E-state index is 12.3. The molecule has 0 radical (unpaired) electrons. The van der Waals surface area contributed by atoms with Gasteiger partial charge in [-0.05, 0) is 24.0 Å². The summed E-state index contributed by atoms with van der Waals surface area (Å²) in [5.41, 5.74) is 3.93. The Labute approximate surface area is 168 Å². The highest BCUT2D eigenvalue weighted by Gasteiger charge is 2.16. The zero-order chi connectivity index (χ0) is 20.1. The maximum absolute atomic E-state index is 12.3. The topological polar surface area (TPSA) is 68.3 Å². The van der Waals surface area contributed by atoms with Crippen LogP contribution < -0.4 is 5.32 Å². The lowest BCUT2D eigenvalue weighted by Gasteiger charge is -2.16. The van der Waals surface area contributed by atoms with Gasteiger partial charge in [0.15, 0.2) is 12.3 Å². The number of carbonyl (C=O) groups excluding carboxylic acids is 2. The van der Waals surface area contributed by atoms with Gasteiger partial charge < -0.3 is 10.1 Å². The van der Waals surface area contributed by atoms with Gasteiger partial charge in [-0.2, -0.15) is 0 Å². The molecule has 6 heteroatoms. The van der Waals surface area contributed by atoms with Gasteiger partial charge in [-0.15, -0.1) is 11.3 Å². The van der Waals surface area contributed by atoms with Crippen LogP contribution in [0.15, 0.2) is 53.9 Å². The van der Waals surface area contributed by atoms with E-state index in [1.165, 1.54) is 11.3 Å². The molecule has 0 saturated heterocycles. The average Bonchev–Trinajstić information content (AvgIpc) is 3.18. The first-order valence-corrected chi connectivity index (χ1v) is 9.91. The summed E-state index contributed by atoms with van der Waals surface area (Å²) < 4.78 is 5.14. The molecule has 0 fully saturated rings. The molecule has 0 saturated carbocycles. The number of para-hydroxylation sites is 1. The Kier molecular flexibility index (Phi) is 6.21. The molecule has 1 N–H and O–H groups in total.